The summed E-state index contributed by atoms with van der Waals surface area (Å²) >= 11 is 9.23. The minimum Gasteiger partial charge on any atom is -0.466 e. The van der Waals surface area contributed by atoms with Crippen LogP contribution in [0.2, 0.25) is 5.02 Å². The number of hydrogen-bond donors (Lipinski definition) is 15. The first kappa shape index (κ1) is 87.9. The molecule has 13 aromatic heterocycles. The summed E-state index contributed by atoms with van der Waals surface area (Å²) in [5.41, 5.74) is 10.9. The maximum atomic E-state index is 11.6. The molecule has 0 amide bonds. The van der Waals surface area contributed by atoms with E-state index in [1.165, 1.54) is 94.1 Å². The number of carbonyl (C=O) groups excluding carboxylic acids is 1. The highest BCUT2D eigenvalue weighted by Gasteiger charge is 2.31. The Morgan fingerprint density at radius 2 is 0.890 bits per heavy atom. The molecule has 5 aliphatic rings. The SMILES string of the molecule is CC(=O)OCCc1cnc(-c2ccc(S(N)(=O)=O)s2)nc1Nc1cc(C2CC2)[nH]n1.CC(O)c1ccc(-c2nccc(Nc3cc(C4CC4)[nH]n3)n2)cc1.CC(O)c1cccc(-c2nccc(Nc3cc(C4CC4)[nH]n3)n2)c1.NS(=O)(=O)c1ccc(-c2ccnc(Nc3cc(C4CC4)[nH]n3)n2)s1.NS(=O)(=O)c1ccc(-c2nc(Nc3cc(C4CC4)[nH]n3)ncc2Cl)s1.[HH].[HH].[HH].[HH].[HH].[HH].[HH].[HH].[HH].[HH].[HH].[HH].[HH]. The molecule has 0 saturated heterocycles. The van der Waals surface area contributed by atoms with Crippen LogP contribution in [0.5, 0.6) is 0 Å². The van der Waals surface area contributed by atoms with Gasteiger partial charge in [0.15, 0.2) is 46.6 Å². The predicted molar refractivity (Wildman–Crippen MR) is 508 cm³/mol. The van der Waals surface area contributed by atoms with E-state index in [9.17, 15) is 40.3 Å². The maximum absolute atomic E-state index is 11.6. The third-order valence-electron chi connectivity index (χ3n) is 20.1. The van der Waals surface area contributed by atoms with Crippen LogP contribution < -0.4 is 42.0 Å². The summed E-state index contributed by atoms with van der Waals surface area (Å²) in [4.78, 5) is 56.7. The largest absolute Gasteiger partial charge is 0.466 e. The quantitative estimate of drug-likeness (QED) is 0.0203. The number of ether oxygens (including phenoxy) is 1. The number of nitrogens with two attached hydrogens (primary N) is 3. The van der Waals surface area contributed by atoms with Gasteiger partial charge >= 0.3 is 5.97 Å². The Bertz CT molecular complexity index is 6830. The van der Waals surface area contributed by atoms with E-state index < -0.39 is 42.3 Å². The zero-order chi connectivity index (χ0) is 88.7. The van der Waals surface area contributed by atoms with Gasteiger partial charge in [0.2, 0.25) is 42.0 Å². The summed E-state index contributed by atoms with van der Waals surface area (Å²) in [6.07, 6.45) is 19.5. The number of rotatable bonds is 28. The summed E-state index contributed by atoms with van der Waals surface area (Å²) in [6, 6.07) is 39.7. The van der Waals surface area contributed by atoms with E-state index in [0.717, 1.165) is 103 Å². The molecule has 13 heterocycles. The number of aliphatic hydroxyl groups excluding tert-OH is 2. The van der Waals surface area contributed by atoms with Gasteiger partial charge in [-0.2, -0.15) is 25.5 Å². The lowest BCUT2D eigenvalue weighted by Gasteiger charge is -2.10. The van der Waals surface area contributed by atoms with Crippen LogP contribution in [0.3, 0.4) is 0 Å². The van der Waals surface area contributed by atoms with E-state index in [1.54, 1.807) is 62.9 Å². The number of primary sulfonamides is 3. The molecule has 45 heteroatoms. The molecule has 18 N–H and O–H groups in total. The van der Waals surface area contributed by atoms with Crippen LogP contribution in [0.25, 0.3) is 54.6 Å². The third-order valence-corrected chi connectivity index (χ3v) is 28.0. The Morgan fingerprint density at radius 1 is 0.457 bits per heavy atom. The van der Waals surface area contributed by atoms with Crippen molar-refractivity contribution in [1.82, 2.24) is 101 Å². The smallest absolute Gasteiger partial charge is 0.302 e. The lowest BCUT2D eigenvalue weighted by Crippen LogP contribution is -2.09. The van der Waals surface area contributed by atoms with Crippen molar-refractivity contribution >= 4 is 140 Å². The number of nitrogens with zero attached hydrogens (tertiary/aromatic N) is 15. The maximum Gasteiger partial charge on any atom is 0.302 e. The number of aromatic amines is 5. The molecule has 0 bridgehead atoms. The van der Waals surface area contributed by atoms with Gasteiger partial charge in [0.05, 0.1) is 50.4 Å². The molecular weight excluding hydrogens is 1760 g/mol. The Morgan fingerprint density at radius 3 is 1.35 bits per heavy atom. The molecule has 2 atom stereocenters. The highest BCUT2D eigenvalue weighted by Crippen LogP contribution is 2.45. The van der Waals surface area contributed by atoms with E-state index in [0.29, 0.717) is 131 Å². The molecule has 5 fully saturated rings. The Kier molecular flexibility index (Phi) is 26.5. The second-order valence-electron chi connectivity index (χ2n) is 30.5. The van der Waals surface area contributed by atoms with Crippen LogP contribution in [-0.2, 0) is 46.0 Å². The van der Waals surface area contributed by atoms with Crippen LogP contribution in [0.1, 0.15) is 190 Å². The van der Waals surface area contributed by atoms with Crippen LogP contribution in [0.15, 0.2) is 177 Å². The van der Waals surface area contributed by atoms with Crippen molar-refractivity contribution in [2.24, 2.45) is 15.4 Å². The van der Waals surface area contributed by atoms with E-state index in [-0.39, 0.29) is 43.8 Å². The van der Waals surface area contributed by atoms with Crippen molar-refractivity contribution in [3.63, 3.8) is 0 Å². The number of nitrogens with one attached hydrogen (secondary N) is 10. The van der Waals surface area contributed by atoms with Crippen molar-refractivity contribution in [3.8, 4) is 54.6 Å². The van der Waals surface area contributed by atoms with Crippen LogP contribution in [0, 0.1) is 0 Å². The van der Waals surface area contributed by atoms with Gasteiger partial charge in [-0.15, -0.1) is 34.0 Å². The van der Waals surface area contributed by atoms with E-state index in [2.05, 4.69) is 127 Å². The fraction of sp³-hybridized carbons (Fsp3) is 0.268. The fourth-order valence-corrected chi connectivity index (χ4v) is 18.0. The van der Waals surface area contributed by atoms with Crippen LogP contribution in [0.4, 0.5) is 58.4 Å². The summed E-state index contributed by atoms with van der Waals surface area (Å²) in [7, 11) is -11.3. The molecule has 2 unspecified atom stereocenters. The summed E-state index contributed by atoms with van der Waals surface area (Å²) in [6.45, 7) is 5.03. The van der Waals surface area contributed by atoms with Crippen LogP contribution in [-0.4, -0.2) is 149 Å². The van der Waals surface area contributed by atoms with Crippen LogP contribution >= 0.6 is 45.6 Å². The molecular formula is C82H111ClN28O10S6. The number of sulfonamides is 3. The molecule has 15 aromatic rings. The third kappa shape index (κ3) is 24.0. The molecule has 127 heavy (non-hydrogen) atoms. The Labute approximate surface area is 763 Å². The number of halogens is 1. The number of aliphatic hydroxyl groups is 2. The van der Waals surface area contributed by atoms with Crippen molar-refractivity contribution in [2.75, 3.05) is 33.2 Å². The standard InChI is InChI=1S/C18H20N6O4S2.2C18H19N5O.C14H13ClN6O2S2.C14H14N6O2S2.13H2/c1-10(25)28-7-6-12-9-20-18(14-4-5-16(29-14)30(19,26)27)22-17(12)21-15-8-13(23-24-15)11-2-3-11;1-11(24)12-2-6-14(7-3-12)18-19-9-8-16(21-18)20-17-10-15(22-23-17)13-4-5-13;1-11(24)13-3-2-4-14(9-13)18-19-8-7-16(21-18)20-17-10-15(22-23-17)12-5-6-12;15-8-6-17-14(18-11-5-9(20-21-11)7-1-2-7)19-13(8)10-3-4-12(24-10)25(16,22)23;15-24(21,22)13-4-3-11(23-13)9-5-6-16-14(17-9)18-12-7-10(19-20-12)8-1-2-8;;;;;;;;;;;;;/h4-5,8-9,11H,2-3,6-7H2,1H3,(H2,19,26,27)(H2,20,21,22,23,24);2-3,6-11,13,24H,4-5H2,1H3,(H2,19,20,21,22,23);2-4,7-12,24H,5-6H2,1H3,(H2,19,20,21,22,23);3-7H,1-2H2,(H2,16,22,23)(H2,17,18,19,20,21);3-8H,1-2H2,(H2,15,21,22)(H2,16,17,18,19,20);13*1H. The van der Waals surface area contributed by atoms with E-state index >= 15 is 0 Å². The molecule has 0 aliphatic heterocycles. The first-order valence-electron chi connectivity index (χ1n) is 40.1. The van der Waals surface area contributed by atoms with Gasteiger partial charge in [-0.25, -0.2) is 90.5 Å². The minimum atomic E-state index is -3.79. The molecule has 5 aliphatic carbocycles. The van der Waals surface area contributed by atoms with Crippen molar-refractivity contribution in [1.29, 1.82) is 0 Å². The average molecular weight is 1880 g/mol. The first-order valence-corrected chi connectivity index (χ1v) is 47.6. The zero-order valence-electron chi connectivity index (χ0n) is 68.0. The summed E-state index contributed by atoms with van der Waals surface area (Å²) in [5, 5.41) is 87.2. The van der Waals surface area contributed by atoms with Crippen molar-refractivity contribution in [3.05, 3.63) is 215 Å². The normalized spacial score (nSPS) is 14.7. The topological polar surface area (TPSA) is 580 Å². The number of anilines is 10. The number of thiophene rings is 3. The van der Waals surface area contributed by atoms with Gasteiger partial charge in [-0.1, -0.05) is 54.1 Å². The van der Waals surface area contributed by atoms with Gasteiger partial charge in [0.25, 0.3) is 0 Å². The minimum absolute atomic E-state index is 0. The summed E-state index contributed by atoms with van der Waals surface area (Å²) in [5.74, 6) is 10.2. The lowest BCUT2D eigenvalue weighted by molar-refractivity contribution is -0.140. The van der Waals surface area contributed by atoms with Gasteiger partial charge in [-0.05, 0) is 150 Å². The highest BCUT2D eigenvalue weighted by atomic mass is 35.5. The molecule has 0 radical (unpaired) electrons. The van der Waals surface area contributed by atoms with E-state index in [1.807, 2.05) is 91.0 Å². The Hall–Kier alpha value is -12.6. The second-order valence-corrected chi connectivity index (χ2v) is 39.5. The molecule has 682 valence electrons. The number of hydrogen-bond acceptors (Lipinski definition) is 33. The molecule has 0 spiro atoms. The van der Waals surface area contributed by atoms with Crippen molar-refractivity contribution < 1.29 is 63.5 Å². The number of esters is 1. The number of aromatic nitrogens is 20. The number of H-pyrrole nitrogens is 5. The first-order chi connectivity index (χ1) is 61.1. The zero-order valence-corrected chi connectivity index (χ0v) is 73.7. The average Bonchev–Trinajstić information content (AvgIpc) is 1.70. The van der Waals surface area contributed by atoms with Gasteiger partial charge in [-0.3, -0.25) is 30.3 Å². The number of benzene rings is 2. The van der Waals surface area contributed by atoms with Gasteiger partial charge in [0.1, 0.15) is 35.8 Å². The second kappa shape index (κ2) is 38.3. The fourth-order valence-electron chi connectivity index (χ4n) is 12.7. The molecule has 2 aromatic carbocycles. The molecule has 38 nitrogen and oxygen atoms in total. The Balaban J connectivity index is 0.000000441. The summed E-state index contributed by atoms with van der Waals surface area (Å²) < 4.78 is 74.0. The molecule has 20 rings (SSSR count). The lowest BCUT2D eigenvalue weighted by atomic mass is 10.1. The van der Waals surface area contributed by atoms with Gasteiger partial charge < -0.3 is 41.5 Å². The molecule has 5 saturated carbocycles. The van der Waals surface area contributed by atoms with Gasteiger partial charge in [0, 0.05) is 162 Å². The van der Waals surface area contributed by atoms with E-state index in [4.69, 9.17) is 31.8 Å². The van der Waals surface area contributed by atoms with Crippen molar-refractivity contribution in [2.45, 2.75) is 146 Å². The number of carbonyl (C=O) groups is 1. The monoisotopic (exact) mass is 1870 g/mol. The predicted octanol–water partition coefficient (Wildman–Crippen LogP) is 17.6. The highest BCUT2D eigenvalue weighted by molar-refractivity contribution is 7.92.